The van der Waals surface area contributed by atoms with Gasteiger partial charge in [0.1, 0.15) is 23.1 Å². The summed E-state index contributed by atoms with van der Waals surface area (Å²) in [6.45, 7) is 0. The number of carbonyl (C=O) groups excluding carboxylic acids is 1. The second-order valence-corrected chi connectivity index (χ2v) is 5.41. The Morgan fingerprint density at radius 2 is 2.13 bits per heavy atom. The van der Waals surface area contributed by atoms with Crippen LogP contribution in [0.5, 0.6) is 11.5 Å². The maximum Gasteiger partial charge on any atom is 0.268 e. The van der Waals surface area contributed by atoms with Crippen molar-refractivity contribution < 1.29 is 14.6 Å². The molecule has 1 fully saturated rings. The largest absolute Gasteiger partial charge is 0.507 e. The molecule has 1 aliphatic carbocycles. The Kier molecular flexibility index (Phi) is 3.62. The standard InChI is InChI=1S/C17H14N2O4/c1-23-13-4-5-15(20)14(7-13)16(21)11-6-10(8-18)17(22)19(9-11)12-2-3-12/h4-7,9,12,20H,2-3H2,1H3. The highest BCUT2D eigenvalue weighted by Crippen LogP contribution is 2.34. The van der Waals surface area contributed by atoms with Gasteiger partial charge in [0.25, 0.3) is 5.56 Å². The summed E-state index contributed by atoms with van der Waals surface area (Å²) in [7, 11) is 1.46. The van der Waals surface area contributed by atoms with E-state index in [0.717, 1.165) is 12.8 Å². The SMILES string of the molecule is COc1ccc(O)c(C(=O)c2cc(C#N)c(=O)n(C3CC3)c2)c1. The molecule has 1 saturated carbocycles. The number of methoxy groups -OCH3 is 1. The number of aromatic hydroxyl groups is 1. The lowest BCUT2D eigenvalue weighted by Gasteiger charge is -2.10. The molecule has 2 aromatic rings. The third-order valence-electron chi connectivity index (χ3n) is 3.81. The van der Waals surface area contributed by atoms with E-state index < -0.39 is 5.78 Å². The molecule has 6 heteroatoms. The Hall–Kier alpha value is -3.07. The van der Waals surface area contributed by atoms with Crippen LogP contribution in [0.1, 0.15) is 40.4 Å². The van der Waals surface area contributed by atoms with Crippen LogP contribution in [0.2, 0.25) is 0 Å². The molecule has 0 atom stereocenters. The maximum atomic E-state index is 12.7. The van der Waals surface area contributed by atoms with E-state index in [0.29, 0.717) is 5.75 Å². The molecule has 0 radical (unpaired) electrons. The fourth-order valence-electron chi connectivity index (χ4n) is 2.41. The summed E-state index contributed by atoms with van der Waals surface area (Å²) in [5, 5.41) is 19.0. The van der Waals surface area contributed by atoms with Crippen LogP contribution in [-0.2, 0) is 0 Å². The number of nitrogens with zero attached hydrogens (tertiary/aromatic N) is 2. The number of nitriles is 1. The van der Waals surface area contributed by atoms with E-state index in [1.54, 1.807) is 0 Å². The minimum atomic E-state index is -0.465. The quantitative estimate of drug-likeness (QED) is 0.872. The van der Waals surface area contributed by atoms with Gasteiger partial charge in [-0.2, -0.15) is 5.26 Å². The monoisotopic (exact) mass is 310 g/mol. The van der Waals surface area contributed by atoms with Crippen molar-refractivity contribution in [1.82, 2.24) is 4.57 Å². The van der Waals surface area contributed by atoms with E-state index in [1.165, 1.54) is 42.1 Å². The number of carbonyl (C=O) groups is 1. The lowest BCUT2D eigenvalue weighted by molar-refractivity contribution is 0.103. The lowest BCUT2D eigenvalue weighted by Crippen LogP contribution is -2.23. The first kappa shape index (κ1) is 14.9. The smallest absolute Gasteiger partial charge is 0.268 e. The number of ether oxygens (including phenoxy) is 1. The van der Waals surface area contributed by atoms with E-state index in [2.05, 4.69) is 0 Å². The number of hydrogen-bond donors (Lipinski definition) is 1. The van der Waals surface area contributed by atoms with Crippen LogP contribution in [-0.4, -0.2) is 22.6 Å². The molecule has 6 nitrogen and oxygen atoms in total. The molecule has 116 valence electrons. The second-order valence-electron chi connectivity index (χ2n) is 5.41. The highest BCUT2D eigenvalue weighted by Gasteiger charge is 2.27. The summed E-state index contributed by atoms with van der Waals surface area (Å²) in [5.41, 5.74) is -0.211. The number of ketones is 1. The first-order chi connectivity index (χ1) is 11.0. The van der Waals surface area contributed by atoms with Gasteiger partial charge in [-0.1, -0.05) is 0 Å². The van der Waals surface area contributed by atoms with Crippen molar-refractivity contribution in [3.63, 3.8) is 0 Å². The van der Waals surface area contributed by atoms with E-state index in [4.69, 9.17) is 10.00 Å². The van der Waals surface area contributed by atoms with Gasteiger partial charge in [-0.05, 0) is 37.1 Å². The zero-order chi connectivity index (χ0) is 16.6. The van der Waals surface area contributed by atoms with Crippen molar-refractivity contribution in [2.75, 3.05) is 7.11 Å². The molecule has 0 amide bonds. The van der Waals surface area contributed by atoms with E-state index >= 15 is 0 Å². The molecule has 3 rings (SSSR count). The number of benzene rings is 1. The molecule has 23 heavy (non-hydrogen) atoms. The third-order valence-corrected chi connectivity index (χ3v) is 3.81. The fraction of sp³-hybridized carbons (Fsp3) is 0.235. The molecule has 1 aromatic heterocycles. The van der Waals surface area contributed by atoms with Gasteiger partial charge in [-0.15, -0.1) is 0 Å². The number of phenols is 1. The van der Waals surface area contributed by atoms with Crippen LogP contribution in [0.25, 0.3) is 0 Å². The topological polar surface area (TPSA) is 92.3 Å². The number of rotatable bonds is 4. The summed E-state index contributed by atoms with van der Waals surface area (Å²) in [5.74, 6) is -0.215. The van der Waals surface area contributed by atoms with E-state index in [9.17, 15) is 14.7 Å². The van der Waals surface area contributed by atoms with Gasteiger partial charge >= 0.3 is 0 Å². The van der Waals surface area contributed by atoms with Crippen molar-refractivity contribution in [1.29, 1.82) is 5.26 Å². The Morgan fingerprint density at radius 3 is 2.74 bits per heavy atom. The summed E-state index contributed by atoms with van der Waals surface area (Å²) < 4.78 is 6.49. The molecule has 0 aliphatic heterocycles. The lowest BCUT2D eigenvalue weighted by atomic mass is 10.0. The molecule has 1 heterocycles. The van der Waals surface area contributed by atoms with E-state index in [1.807, 2.05) is 6.07 Å². The Morgan fingerprint density at radius 1 is 1.39 bits per heavy atom. The molecular weight excluding hydrogens is 296 g/mol. The van der Waals surface area contributed by atoms with Gasteiger partial charge in [0.15, 0.2) is 5.78 Å². The minimum absolute atomic E-state index is 0.0428. The molecule has 0 saturated heterocycles. The van der Waals surface area contributed by atoms with Crippen molar-refractivity contribution in [2.24, 2.45) is 0 Å². The van der Waals surface area contributed by atoms with Gasteiger partial charge in [-0.25, -0.2) is 0 Å². The van der Waals surface area contributed by atoms with Crippen molar-refractivity contribution in [2.45, 2.75) is 18.9 Å². The second kappa shape index (κ2) is 5.61. The van der Waals surface area contributed by atoms with Crippen molar-refractivity contribution in [3.8, 4) is 17.6 Å². The molecule has 1 aromatic carbocycles. The minimum Gasteiger partial charge on any atom is -0.507 e. The number of aromatic nitrogens is 1. The highest BCUT2D eigenvalue weighted by atomic mass is 16.5. The van der Waals surface area contributed by atoms with Crippen molar-refractivity contribution in [3.05, 3.63) is 57.5 Å². The van der Waals surface area contributed by atoms with Gasteiger partial charge in [0.2, 0.25) is 0 Å². The molecule has 1 N–H and O–H groups in total. The number of phenolic OH excluding ortho intramolecular Hbond substituents is 1. The molecular formula is C17H14N2O4. The average molecular weight is 310 g/mol. The van der Waals surface area contributed by atoms with Gasteiger partial charge in [0, 0.05) is 17.8 Å². The molecule has 0 bridgehead atoms. The predicted molar refractivity (Wildman–Crippen MR) is 81.8 cm³/mol. The van der Waals surface area contributed by atoms with Crippen molar-refractivity contribution >= 4 is 5.78 Å². The zero-order valence-corrected chi connectivity index (χ0v) is 12.4. The summed E-state index contributed by atoms with van der Waals surface area (Å²) in [4.78, 5) is 24.8. The summed E-state index contributed by atoms with van der Waals surface area (Å²) >= 11 is 0. The van der Waals surface area contributed by atoms with E-state index in [-0.39, 0.29) is 34.0 Å². The van der Waals surface area contributed by atoms with Gasteiger partial charge in [0.05, 0.1) is 12.7 Å². The fourth-order valence-corrected chi connectivity index (χ4v) is 2.41. The average Bonchev–Trinajstić information content (AvgIpc) is 3.40. The third kappa shape index (κ3) is 2.69. The summed E-state index contributed by atoms with van der Waals surface area (Å²) in [6, 6.07) is 7.47. The van der Waals surface area contributed by atoms with Crippen LogP contribution in [0.3, 0.4) is 0 Å². The normalized spacial score (nSPS) is 13.4. The van der Waals surface area contributed by atoms with Crippen LogP contribution in [0.15, 0.2) is 35.3 Å². The van der Waals surface area contributed by atoms with Crippen LogP contribution in [0.4, 0.5) is 0 Å². The predicted octanol–water partition coefficient (Wildman–Crippen LogP) is 2.00. The maximum absolute atomic E-state index is 12.7. The Balaban J connectivity index is 2.11. The van der Waals surface area contributed by atoms with Gasteiger partial charge < -0.3 is 14.4 Å². The molecule has 0 unspecified atom stereocenters. The van der Waals surface area contributed by atoms with Gasteiger partial charge in [-0.3, -0.25) is 9.59 Å². The first-order valence-electron chi connectivity index (χ1n) is 7.13. The zero-order valence-electron chi connectivity index (χ0n) is 12.4. The van der Waals surface area contributed by atoms with Crippen LogP contribution < -0.4 is 10.3 Å². The van der Waals surface area contributed by atoms with Crippen LogP contribution >= 0.6 is 0 Å². The number of pyridine rings is 1. The molecule has 1 aliphatic rings. The highest BCUT2D eigenvalue weighted by molar-refractivity contribution is 6.10. The Labute approximate surface area is 132 Å². The number of hydrogen-bond acceptors (Lipinski definition) is 5. The van der Waals surface area contributed by atoms with Crippen LogP contribution in [0, 0.1) is 11.3 Å². The first-order valence-corrected chi connectivity index (χ1v) is 7.13. The molecule has 0 spiro atoms. The Bertz CT molecular complexity index is 888. The summed E-state index contributed by atoms with van der Waals surface area (Å²) in [6.07, 6.45) is 3.17.